The summed E-state index contributed by atoms with van der Waals surface area (Å²) >= 11 is 0. The van der Waals surface area contributed by atoms with Gasteiger partial charge in [-0.2, -0.15) is 0 Å². The number of rotatable bonds is 3. The Hall–Kier alpha value is -2.64. The predicted molar refractivity (Wildman–Crippen MR) is 68.0 cm³/mol. The number of carbonyl (C=O) groups is 1. The van der Waals surface area contributed by atoms with Crippen LogP contribution in [0.5, 0.6) is 0 Å². The second-order valence-corrected chi connectivity index (χ2v) is 3.98. The molecule has 4 nitrogen and oxygen atoms in total. The van der Waals surface area contributed by atoms with Gasteiger partial charge in [-0.05, 0) is 6.07 Å². The third kappa shape index (κ3) is 2.93. The Kier molecular flexibility index (Phi) is 4.06. The first-order valence-corrected chi connectivity index (χ1v) is 5.72. The van der Waals surface area contributed by atoms with Crippen molar-refractivity contribution in [3.05, 3.63) is 53.2 Å². The summed E-state index contributed by atoms with van der Waals surface area (Å²) in [4.78, 5) is 15.5. The zero-order chi connectivity index (χ0) is 15.6. The minimum Gasteiger partial charge on any atom is -0.371 e. The average molecular weight is 299 g/mol. The molecule has 0 saturated carbocycles. The van der Waals surface area contributed by atoms with E-state index >= 15 is 0 Å². The number of aromatic nitrogens is 1. The first kappa shape index (κ1) is 14.8. The quantitative estimate of drug-likeness (QED) is 0.677. The largest absolute Gasteiger partial charge is 0.371 e. The van der Waals surface area contributed by atoms with Gasteiger partial charge in [0.05, 0.1) is 5.56 Å². The highest BCUT2D eigenvalue weighted by Gasteiger charge is 2.17. The monoisotopic (exact) mass is 299 g/mol. The molecule has 0 fully saturated rings. The Morgan fingerprint density at radius 2 is 1.71 bits per heavy atom. The number of benzene rings is 1. The van der Waals surface area contributed by atoms with E-state index < -0.39 is 29.2 Å². The van der Waals surface area contributed by atoms with Gasteiger partial charge in [0.1, 0.15) is 0 Å². The summed E-state index contributed by atoms with van der Waals surface area (Å²) in [5.41, 5.74) is -0.710. The van der Waals surface area contributed by atoms with Crippen LogP contribution < -0.4 is 10.6 Å². The molecule has 0 saturated heterocycles. The second kappa shape index (κ2) is 5.78. The molecule has 2 N–H and O–H groups in total. The van der Waals surface area contributed by atoms with Gasteiger partial charge in [0.15, 0.2) is 29.1 Å². The Bertz CT molecular complexity index is 683. The van der Waals surface area contributed by atoms with Crippen molar-refractivity contribution in [3.8, 4) is 0 Å². The van der Waals surface area contributed by atoms with Gasteiger partial charge < -0.3 is 10.6 Å². The van der Waals surface area contributed by atoms with Gasteiger partial charge in [-0.1, -0.05) is 0 Å². The molecular weight excluding hydrogens is 290 g/mol. The topological polar surface area (TPSA) is 54.0 Å². The van der Waals surface area contributed by atoms with Crippen molar-refractivity contribution in [1.29, 1.82) is 0 Å². The minimum absolute atomic E-state index is 0.154. The van der Waals surface area contributed by atoms with Crippen LogP contribution in [0.15, 0.2) is 24.4 Å². The van der Waals surface area contributed by atoms with Crippen LogP contribution in [0.25, 0.3) is 0 Å². The number of pyridine rings is 1. The van der Waals surface area contributed by atoms with Crippen molar-refractivity contribution in [1.82, 2.24) is 4.98 Å². The number of halogens is 4. The van der Waals surface area contributed by atoms with Crippen LogP contribution in [0, 0.1) is 23.3 Å². The maximum absolute atomic E-state index is 13.9. The lowest BCUT2D eigenvalue weighted by Gasteiger charge is -2.08. The molecule has 0 spiro atoms. The zero-order valence-electron chi connectivity index (χ0n) is 10.7. The summed E-state index contributed by atoms with van der Waals surface area (Å²) in [6, 6.07) is 2.28. The summed E-state index contributed by atoms with van der Waals surface area (Å²) in [7, 11) is 1.41. The Morgan fingerprint density at radius 1 is 1.10 bits per heavy atom. The fourth-order valence-corrected chi connectivity index (χ4v) is 1.62. The summed E-state index contributed by atoms with van der Waals surface area (Å²) in [6.07, 6.45) is 1.19. The van der Waals surface area contributed by atoms with E-state index in [-0.39, 0.29) is 17.1 Å². The van der Waals surface area contributed by atoms with Crippen LogP contribution in [-0.4, -0.2) is 17.9 Å². The first-order valence-electron chi connectivity index (χ1n) is 5.72. The Labute approximate surface area is 116 Å². The van der Waals surface area contributed by atoms with E-state index in [0.29, 0.717) is 12.1 Å². The summed E-state index contributed by atoms with van der Waals surface area (Å²) in [6.45, 7) is 0. The molecule has 2 aromatic rings. The number of nitrogens with one attached hydrogen (secondary N) is 2. The van der Waals surface area contributed by atoms with Gasteiger partial charge >= 0.3 is 0 Å². The van der Waals surface area contributed by atoms with Crippen molar-refractivity contribution >= 4 is 17.4 Å². The third-order valence-electron chi connectivity index (χ3n) is 2.61. The molecule has 0 aliphatic rings. The molecular formula is C13H9F4N3O. The fourth-order valence-electron chi connectivity index (χ4n) is 1.62. The van der Waals surface area contributed by atoms with E-state index in [2.05, 4.69) is 15.6 Å². The number of anilines is 2. The number of hydrogen-bond donors (Lipinski definition) is 2. The van der Waals surface area contributed by atoms with Gasteiger partial charge in [0.25, 0.3) is 5.91 Å². The molecule has 1 heterocycles. The molecule has 21 heavy (non-hydrogen) atoms. The molecule has 1 aromatic heterocycles. The minimum atomic E-state index is -1.65. The summed E-state index contributed by atoms with van der Waals surface area (Å²) in [5.74, 6) is -6.59. The van der Waals surface area contributed by atoms with Crippen LogP contribution in [0.3, 0.4) is 0 Å². The summed E-state index contributed by atoms with van der Waals surface area (Å²) < 4.78 is 52.7. The van der Waals surface area contributed by atoms with E-state index in [9.17, 15) is 22.4 Å². The SMILES string of the molecule is CNc1nccc(C(=O)Nc2cc(F)c(F)c(F)c2)c1F. The molecule has 0 atom stereocenters. The van der Waals surface area contributed by atoms with E-state index in [0.717, 1.165) is 6.07 Å². The lowest BCUT2D eigenvalue weighted by atomic mass is 10.2. The van der Waals surface area contributed by atoms with E-state index in [1.54, 1.807) is 0 Å². The van der Waals surface area contributed by atoms with Crippen LogP contribution in [0.2, 0.25) is 0 Å². The number of amides is 1. The van der Waals surface area contributed by atoms with Crippen molar-refractivity contribution in [2.45, 2.75) is 0 Å². The molecule has 8 heteroatoms. The predicted octanol–water partition coefficient (Wildman–Crippen LogP) is 2.93. The van der Waals surface area contributed by atoms with Gasteiger partial charge in [0.2, 0.25) is 0 Å². The highest BCUT2D eigenvalue weighted by molar-refractivity contribution is 6.04. The molecule has 0 bridgehead atoms. The smallest absolute Gasteiger partial charge is 0.258 e. The van der Waals surface area contributed by atoms with E-state index in [1.807, 2.05) is 0 Å². The molecule has 1 amide bonds. The molecule has 2 rings (SSSR count). The third-order valence-corrected chi connectivity index (χ3v) is 2.61. The van der Waals surface area contributed by atoms with Crippen LogP contribution in [0.1, 0.15) is 10.4 Å². The molecule has 0 aliphatic carbocycles. The van der Waals surface area contributed by atoms with Gasteiger partial charge in [0, 0.05) is 31.1 Å². The normalized spacial score (nSPS) is 10.3. The van der Waals surface area contributed by atoms with E-state index in [4.69, 9.17) is 0 Å². The van der Waals surface area contributed by atoms with Gasteiger partial charge in [-0.3, -0.25) is 4.79 Å². The molecule has 110 valence electrons. The van der Waals surface area contributed by atoms with Gasteiger partial charge in [-0.15, -0.1) is 0 Å². The zero-order valence-corrected chi connectivity index (χ0v) is 10.7. The molecule has 0 unspecified atom stereocenters. The standard InChI is InChI=1S/C13H9F4N3O/c1-18-12-10(16)7(2-3-19-12)13(21)20-6-4-8(14)11(17)9(15)5-6/h2-5H,1H3,(H,18,19)(H,20,21). The van der Waals surface area contributed by atoms with Crippen LogP contribution in [0.4, 0.5) is 29.1 Å². The molecule has 0 aliphatic heterocycles. The van der Waals surface area contributed by atoms with Gasteiger partial charge in [-0.25, -0.2) is 22.5 Å². The number of hydrogen-bond acceptors (Lipinski definition) is 3. The number of nitrogens with zero attached hydrogens (tertiary/aromatic N) is 1. The fraction of sp³-hybridized carbons (Fsp3) is 0.0769. The maximum Gasteiger partial charge on any atom is 0.258 e. The van der Waals surface area contributed by atoms with Crippen molar-refractivity contribution < 1.29 is 22.4 Å². The molecule has 1 aromatic carbocycles. The highest BCUT2D eigenvalue weighted by atomic mass is 19.2. The lowest BCUT2D eigenvalue weighted by Crippen LogP contribution is -2.15. The van der Waals surface area contributed by atoms with Crippen molar-refractivity contribution in [2.75, 3.05) is 17.7 Å². The van der Waals surface area contributed by atoms with E-state index in [1.165, 1.54) is 13.2 Å². The Balaban J connectivity index is 2.30. The van der Waals surface area contributed by atoms with Crippen molar-refractivity contribution in [3.63, 3.8) is 0 Å². The highest BCUT2D eigenvalue weighted by Crippen LogP contribution is 2.20. The first-order chi connectivity index (χ1) is 9.93. The summed E-state index contributed by atoms with van der Waals surface area (Å²) in [5, 5.41) is 4.52. The average Bonchev–Trinajstić information content (AvgIpc) is 2.44. The second-order valence-electron chi connectivity index (χ2n) is 3.98. The van der Waals surface area contributed by atoms with Crippen LogP contribution in [-0.2, 0) is 0 Å². The number of carbonyl (C=O) groups excluding carboxylic acids is 1. The maximum atomic E-state index is 13.9. The van der Waals surface area contributed by atoms with Crippen molar-refractivity contribution in [2.24, 2.45) is 0 Å². The van der Waals surface area contributed by atoms with Crippen LogP contribution >= 0.6 is 0 Å². The lowest BCUT2D eigenvalue weighted by molar-refractivity contribution is 0.102. The Morgan fingerprint density at radius 3 is 2.29 bits per heavy atom. The molecule has 0 radical (unpaired) electrons.